The van der Waals surface area contributed by atoms with Gasteiger partial charge in [0, 0.05) is 22.9 Å². The molecule has 0 saturated carbocycles. The molecular formula is C17H12ClF2N3O. The van der Waals surface area contributed by atoms with E-state index in [1.807, 2.05) is 0 Å². The van der Waals surface area contributed by atoms with Gasteiger partial charge in [-0.15, -0.1) is 11.6 Å². The lowest BCUT2D eigenvalue weighted by molar-refractivity contribution is 0.411. The number of hydrogen-bond acceptors (Lipinski definition) is 4. The fraction of sp³-hybridized carbons (Fsp3) is 0.0588. The van der Waals surface area contributed by atoms with Crippen molar-refractivity contribution < 1.29 is 13.3 Å². The van der Waals surface area contributed by atoms with Crippen LogP contribution in [0.3, 0.4) is 0 Å². The molecule has 1 aromatic carbocycles. The van der Waals surface area contributed by atoms with E-state index in [2.05, 4.69) is 16.7 Å². The van der Waals surface area contributed by atoms with Crippen LogP contribution in [-0.4, -0.2) is 16.7 Å². The Hall–Kier alpha value is -2.73. The Bertz CT molecular complexity index is 899. The summed E-state index contributed by atoms with van der Waals surface area (Å²) in [6.07, 6.45) is 6.09. The van der Waals surface area contributed by atoms with Gasteiger partial charge < -0.3 is 10.3 Å². The van der Waals surface area contributed by atoms with Crippen molar-refractivity contribution >= 4 is 23.4 Å². The minimum Gasteiger partial charge on any atom is -0.383 e. The van der Waals surface area contributed by atoms with E-state index >= 15 is 0 Å². The van der Waals surface area contributed by atoms with Crippen molar-refractivity contribution in [3.8, 4) is 11.1 Å². The molecule has 4 nitrogen and oxygen atoms in total. The van der Waals surface area contributed by atoms with Gasteiger partial charge in [0.05, 0.1) is 17.1 Å². The maximum atomic E-state index is 14.1. The predicted octanol–water partition coefficient (Wildman–Crippen LogP) is 4.05. The number of aliphatic imine (C=N–C) groups is 1. The second kappa shape index (κ2) is 6.41. The van der Waals surface area contributed by atoms with Crippen molar-refractivity contribution in [3.05, 3.63) is 71.9 Å². The van der Waals surface area contributed by atoms with E-state index in [1.54, 1.807) is 12.2 Å². The lowest BCUT2D eigenvalue weighted by atomic mass is 9.98. The highest BCUT2D eigenvalue weighted by Crippen LogP contribution is 2.35. The molecule has 7 heteroatoms. The third-order valence-corrected chi connectivity index (χ3v) is 3.75. The molecule has 24 heavy (non-hydrogen) atoms. The van der Waals surface area contributed by atoms with Gasteiger partial charge in [-0.2, -0.15) is 0 Å². The van der Waals surface area contributed by atoms with Crippen LogP contribution in [-0.2, 0) is 0 Å². The summed E-state index contributed by atoms with van der Waals surface area (Å²) in [7, 11) is 0. The molecule has 0 radical (unpaired) electrons. The zero-order valence-electron chi connectivity index (χ0n) is 12.3. The summed E-state index contributed by atoms with van der Waals surface area (Å²) < 4.78 is 32.8. The molecule has 0 amide bonds. The number of nitrogens with zero attached hydrogens (tertiary/aromatic N) is 2. The first-order valence-corrected chi connectivity index (χ1v) is 7.37. The fourth-order valence-corrected chi connectivity index (χ4v) is 2.41. The van der Waals surface area contributed by atoms with Gasteiger partial charge in [0.2, 0.25) is 0 Å². The van der Waals surface area contributed by atoms with Crippen LogP contribution in [0.25, 0.3) is 16.7 Å². The van der Waals surface area contributed by atoms with Gasteiger partial charge in [-0.1, -0.05) is 36.0 Å². The summed E-state index contributed by atoms with van der Waals surface area (Å²) in [5, 5.41) is 3.26. The molecule has 0 saturated heterocycles. The van der Waals surface area contributed by atoms with E-state index in [9.17, 15) is 8.78 Å². The normalized spacial score (nSPS) is 17.2. The Morgan fingerprint density at radius 2 is 2.08 bits per heavy atom. The Labute approximate surface area is 141 Å². The second-order valence-corrected chi connectivity index (χ2v) is 5.53. The number of alkyl halides is 1. The van der Waals surface area contributed by atoms with E-state index in [1.165, 1.54) is 24.5 Å². The maximum absolute atomic E-state index is 14.1. The smallest absolute Gasteiger partial charge is 0.174 e. The quantitative estimate of drug-likeness (QED) is 0.852. The monoisotopic (exact) mass is 347 g/mol. The zero-order chi connectivity index (χ0) is 17.3. The van der Waals surface area contributed by atoms with Crippen LogP contribution in [0.5, 0.6) is 0 Å². The Balaban J connectivity index is 2.08. The molecular weight excluding hydrogens is 336 g/mol. The predicted molar refractivity (Wildman–Crippen MR) is 89.4 cm³/mol. The Morgan fingerprint density at radius 1 is 1.29 bits per heavy atom. The standard InChI is InChI=1S/C17H12ClF2N3O/c1-9(11-6-5-10(18)7-22-17(11)21)16-13(8-23-24-16)12-3-2-4-14(19)15(12)20/h2-8,10H,1,21H2. The van der Waals surface area contributed by atoms with Gasteiger partial charge in [-0.3, -0.25) is 0 Å². The highest BCUT2D eigenvalue weighted by Gasteiger charge is 2.21. The van der Waals surface area contributed by atoms with Crippen molar-refractivity contribution in [2.45, 2.75) is 5.38 Å². The minimum absolute atomic E-state index is 0.0166. The van der Waals surface area contributed by atoms with Crippen LogP contribution in [0.1, 0.15) is 5.76 Å². The summed E-state index contributed by atoms with van der Waals surface area (Å²) >= 11 is 5.97. The van der Waals surface area contributed by atoms with Gasteiger partial charge in [0.1, 0.15) is 5.82 Å². The van der Waals surface area contributed by atoms with Gasteiger partial charge >= 0.3 is 0 Å². The topological polar surface area (TPSA) is 64.4 Å². The molecule has 1 aliphatic heterocycles. The molecule has 1 unspecified atom stereocenters. The molecule has 2 heterocycles. The van der Waals surface area contributed by atoms with E-state index in [0.717, 1.165) is 6.07 Å². The first-order valence-electron chi connectivity index (χ1n) is 6.94. The highest BCUT2D eigenvalue weighted by molar-refractivity contribution is 6.29. The Kier molecular flexibility index (Phi) is 4.31. The third-order valence-electron chi connectivity index (χ3n) is 3.49. The van der Waals surface area contributed by atoms with E-state index < -0.39 is 17.0 Å². The van der Waals surface area contributed by atoms with Gasteiger partial charge in [0.15, 0.2) is 17.4 Å². The molecule has 1 aliphatic rings. The number of halogens is 3. The van der Waals surface area contributed by atoms with E-state index in [4.69, 9.17) is 21.9 Å². The molecule has 0 fully saturated rings. The van der Waals surface area contributed by atoms with Crippen LogP contribution in [0.2, 0.25) is 0 Å². The van der Waals surface area contributed by atoms with Gasteiger partial charge in [-0.25, -0.2) is 13.8 Å². The fourth-order valence-electron chi connectivity index (χ4n) is 2.28. The summed E-state index contributed by atoms with van der Waals surface area (Å²) in [6.45, 7) is 3.92. The number of nitrogens with two attached hydrogens (primary N) is 1. The first-order chi connectivity index (χ1) is 11.5. The van der Waals surface area contributed by atoms with Crippen LogP contribution in [0, 0.1) is 11.6 Å². The molecule has 0 spiro atoms. The molecule has 1 aromatic heterocycles. The summed E-state index contributed by atoms with van der Waals surface area (Å²) in [4.78, 5) is 4.03. The van der Waals surface area contributed by atoms with Crippen molar-refractivity contribution in [1.29, 1.82) is 0 Å². The van der Waals surface area contributed by atoms with Crippen LogP contribution in [0.4, 0.5) is 8.78 Å². The van der Waals surface area contributed by atoms with Gasteiger partial charge in [-0.05, 0) is 6.07 Å². The molecule has 0 aliphatic carbocycles. The second-order valence-electron chi connectivity index (χ2n) is 5.03. The maximum Gasteiger partial charge on any atom is 0.174 e. The van der Waals surface area contributed by atoms with E-state index in [0.29, 0.717) is 11.1 Å². The average Bonchev–Trinajstić information content (AvgIpc) is 2.98. The lowest BCUT2D eigenvalue weighted by Gasteiger charge is -2.08. The van der Waals surface area contributed by atoms with Crippen molar-refractivity contribution in [2.75, 3.05) is 0 Å². The number of allylic oxidation sites excluding steroid dienone is 4. The minimum atomic E-state index is -0.994. The third kappa shape index (κ3) is 2.88. The van der Waals surface area contributed by atoms with Gasteiger partial charge in [0.25, 0.3) is 0 Å². The largest absolute Gasteiger partial charge is 0.383 e. The lowest BCUT2D eigenvalue weighted by Crippen LogP contribution is -2.01. The SMILES string of the molecule is C=C(C1=C(N)N=CC(Cl)C=C1)c1oncc1-c1cccc(F)c1F. The number of hydrogen-bond donors (Lipinski definition) is 1. The molecule has 3 rings (SSSR count). The molecule has 2 aromatic rings. The number of benzene rings is 1. The summed E-state index contributed by atoms with van der Waals surface area (Å²) in [5.41, 5.74) is 6.99. The number of aromatic nitrogens is 1. The van der Waals surface area contributed by atoms with Crippen LogP contribution >= 0.6 is 11.6 Å². The van der Waals surface area contributed by atoms with Crippen molar-refractivity contribution in [1.82, 2.24) is 5.16 Å². The zero-order valence-corrected chi connectivity index (χ0v) is 13.1. The molecule has 122 valence electrons. The molecule has 0 bridgehead atoms. The van der Waals surface area contributed by atoms with Crippen LogP contribution in [0.15, 0.2) is 64.0 Å². The average molecular weight is 348 g/mol. The summed E-state index contributed by atoms with van der Waals surface area (Å²) in [6, 6.07) is 3.86. The van der Waals surface area contributed by atoms with Crippen molar-refractivity contribution in [2.24, 2.45) is 10.7 Å². The van der Waals surface area contributed by atoms with Crippen molar-refractivity contribution in [3.63, 3.8) is 0 Å². The van der Waals surface area contributed by atoms with E-state index in [-0.39, 0.29) is 22.7 Å². The Morgan fingerprint density at radius 3 is 2.88 bits per heavy atom. The highest BCUT2D eigenvalue weighted by atomic mass is 35.5. The molecule has 2 N–H and O–H groups in total. The summed E-state index contributed by atoms with van der Waals surface area (Å²) in [5.74, 6) is -1.60. The molecule has 1 atom stereocenters. The van der Waals surface area contributed by atoms with Crippen LogP contribution < -0.4 is 5.73 Å². The number of rotatable bonds is 3. The first kappa shape index (κ1) is 16.1.